The molecule has 0 saturated heterocycles. The third-order valence-electron chi connectivity index (χ3n) is 4.25. The predicted molar refractivity (Wildman–Crippen MR) is 92.6 cm³/mol. The van der Waals surface area contributed by atoms with Crippen LogP contribution in [0.5, 0.6) is 0 Å². The lowest BCUT2D eigenvalue weighted by Crippen LogP contribution is -2.16. The van der Waals surface area contributed by atoms with Crippen LogP contribution in [-0.2, 0) is 0 Å². The van der Waals surface area contributed by atoms with Gasteiger partial charge in [-0.05, 0) is 31.2 Å². The van der Waals surface area contributed by atoms with Crippen LogP contribution in [0.4, 0.5) is 11.6 Å². The van der Waals surface area contributed by atoms with Crippen molar-refractivity contribution in [3.63, 3.8) is 0 Å². The van der Waals surface area contributed by atoms with Crippen LogP contribution in [0, 0.1) is 11.8 Å². The minimum atomic E-state index is 0.564. The zero-order chi connectivity index (χ0) is 15.2. The molecular weight excluding hydrogens is 305 g/mol. The maximum absolute atomic E-state index is 6.21. The molecule has 0 amide bonds. The molecule has 2 N–H and O–H groups in total. The number of hydrogen-bond acceptors (Lipinski definition) is 3. The van der Waals surface area contributed by atoms with Crippen molar-refractivity contribution in [3.8, 4) is 0 Å². The van der Waals surface area contributed by atoms with Crippen molar-refractivity contribution in [3.05, 3.63) is 16.1 Å². The van der Waals surface area contributed by atoms with Crippen molar-refractivity contribution in [2.24, 2.45) is 11.8 Å². The van der Waals surface area contributed by atoms with E-state index in [0.717, 1.165) is 30.7 Å². The lowest BCUT2D eigenvalue weighted by atomic mass is 9.81. The summed E-state index contributed by atoms with van der Waals surface area (Å²) in [5.41, 5.74) is 0. The van der Waals surface area contributed by atoms with E-state index >= 15 is 0 Å². The molecule has 1 aromatic heterocycles. The Kier molecular flexibility index (Phi) is 6.43. The Morgan fingerprint density at radius 2 is 1.71 bits per heavy atom. The normalized spacial score (nSPS) is 22.1. The number of hydrogen-bond donors (Lipinski definition) is 2. The van der Waals surface area contributed by atoms with Gasteiger partial charge in [0, 0.05) is 13.1 Å². The van der Waals surface area contributed by atoms with E-state index in [4.69, 9.17) is 23.2 Å². The Hall–Kier alpha value is -0.670. The molecule has 5 heteroatoms. The SMILES string of the molecule is CCNc1nc(NCCC2CCC(C)CC2)c(Cl)cc1Cl. The molecule has 1 aliphatic rings. The standard InChI is InChI=1S/C16H25Cl2N3/c1-3-19-15-13(17)10-14(18)16(21-15)20-9-8-12-6-4-11(2)5-7-12/h10-12H,3-9H2,1-2H3,(H2,19,20,21). The van der Waals surface area contributed by atoms with Gasteiger partial charge in [0.15, 0.2) is 0 Å². The van der Waals surface area contributed by atoms with Crippen molar-refractivity contribution in [2.75, 3.05) is 23.7 Å². The molecule has 21 heavy (non-hydrogen) atoms. The van der Waals surface area contributed by atoms with Gasteiger partial charge >= 0.3 is 0 Å². The minimum absolute atomic E-state index is 0.564. The fourth-order valence-corrected chi connectivity index (χ4v) is 3.39. The van der Waals surface area contributed by atoms with Crippen LogP contribution in [0.25, 0.3) is 0 Å². The Bertz CT molecular complexity index is 457. The van der Waals surface area contributed by atoms with Crippen LogP contribution >= 0.6 is 23.2 Å². The molecule has 0 radical (unpaired) electrons. The first kappa shape index (κ1) is 16.7. The summed E-state index contributed by atoms with van der Waals surface area (Å²) in [6.45, 7) is 6.07. The number of nitrogens with one attached hydrogen (secondary N) is 2. The lowest BCUT2D eigenvalue weighted by molar-refractivity contribution is 0.282. The first-order valence-corrected chi connectivity index (χ1v) is 8.69. The van der Waals surface area contributed by atoms with Crippen LogP contribution in [0.1, 0.15) is 46.0 Å². The Morgan fingerprint density at radius 3 is 2.33 bits per heavy atom. The molecule has 0 atom stereocenters. The quantitative estimate of drug-likeness (QED) is 0.728. The summed E-state index contributed by atoms with van der Waals surface area (Å²) in [7, 11) is 0. The predicted octanol–water partition coefficient (Wildman–Crippen LogP) is 5.45. The van der Waals surface area contributed by atoms with E-state index in [0.29, 0.717) is 15.9 Å². The smallest absolute Gasteiger partial charge is 0.147 e. The third-order valence-corrected chi connectivity index (χ3v) is 4.83. The molecule has 0 aromatic carbocycles. The maximum atomic E-state index is 6.21. The lowest BCUT2D eigenvalue weighted by Gasteiger charge is -2.26. The highest BCUT2D eigenvalue weighted by Gasteiger charge is 2.18. The van der Waals surface area contributed by atoms with Crippen LogP contribution in [0.3, 0.4) is 0 Å². The highest BCUT2D eigenvalue weighted by Crippen LogP contribution is 2.31. The van der Waals surface area contributed by atoms with Crippen LogP contribution < -0.4 is 10.6 Å². The topological polar surface area (TPSA) is 37.0 Å². The minimum Gasteiger partial charge on any atom is -0.369 e. The number of aromatic nitrogens is 1. The van der Waals surface area contributed by atoms with Gasteiger partial charge in [-0.15, -0.1) is 0 Å². The Balaban J connectivity index is 1.86. The van der Waals surface area contributed by atoms with Gasteiger partial charge in [-0.25, -0.2) is 4.98 Å². The molecule has 1 heterocycles. The summed E-state index contributed by atoms with van der Waals surface area (Å²) in [6.07, 6.45) is 6.63. The molecule has 0 aliphatic heterocycles. The molecule has 2 rings (SSSR count). The van der Waals surface area contributed by atoms with Gasteiger partial charge in [0.05, 0.1) is 10.0 Å². The largest absolute Gasteiger partial charge is 0.369 e. The summed E-state index contributed by atoms with van der Waals surface area (Å²) in [5, 5.41) is 7.65. The van der Waals surface area contributed by atoms with E-state index in [1.807, 2.05) is 6.92 Å². The van der Waals surface area contributed by atoms with Gasteiger partial charge in [-0.3, -0.25) is 0 Å². The Labute approximate surface area is 137 Å². The Morgan fingerprint density at radius 1 is 1.10 bits per heavy atom. The van der Waals surface area contributed by atoms with Crippen molar-refractivity contribution < 1.29 is 0 Å². The molecule has 1 saturated carbocycles. The highest BCUT2D eigenvalue weighted by molar-refractivity contribution is 6.37. The van der Waals surface area contributed by atoms with Crippen molar-refractivity contribution in [1.82, 2.24) is 4.98 Å². The third kappa shape index (κ3) is 4.93. The molecular formula is C16H25Cl2N3. The number of halogens is 2. The monoisotopic (exact) mass is 329 g/mol. The van der Waals surface area contributed by atoms with E-state index in [2.05, 4.69) is 22.5 Å². The fraction of sp³-hybridized carbons (Fsp3) is 0.688. The average Bonchev–Trinajstić information content (AvgIpc) is 2.46. The molecule has 118 valence electrons. The van der Waals surface area contributed by atoms with Gasteiger partial charge in [-0.1, -0.05) is 55.8 Å². The van der Waals surface area contributed by atoms with Crippen LogP contribution in [-0.4, -0.2) is 18.1 Å². The van der Waals surface area contributed by atoms with E-state index in [9.17, 15) is 0 Å². The first-order valence-electron chi connectivity index (χ1n) is 7.94. The van der Waals surface area contributed by atoms with Gasteiger partial charge in [0.25, 0.3) is 0 Å². The highest BCUT2D eigenvalue weighted by atomic mass is 35.5. The zero-order valence-electron chi connectivity index (χ0n) is 12.9. The molecule has 1 aliphatic carbocycles. The van der Waals surface area contributed by atoms with E-state index in [1.54, 1.807) is 6.07 Å². The number of pyridine rings is 1. The van der Waals surface area contributed by atoms with Crippen molar-refractivity contribution in [1.29, 1.82) is 0 Å². The van der Waals surface area contributed by atoms with Gasteiger partial charge in [0.1, 0.15) is 11.6 Å². The molecule has 0 bridgehead atoms. The summed E-state index contributed by atoms with van der Waals surface area (Å²) in [6, 6.07) is 1.75. The summed E-state index contributed by atoms with van der Waals surface area (Å²) < 4.78 is 0. The van der Waals surface area contributed by atoms with E-state index in [-0.39, 0.29) is 0 Å². The van der Waals surface area contributed by atoms with Crippen LogP contribution in [0.2, 0.25) is 10.0 Å². The zero-order valence-corrected chi connectivity index (χ0v) is 14.4. The molecule has 3 nitrogen and oxygen atoms in total. The number of nitrogens with zero attached hydrogens (tertiary/aromatic N) is 1. The summed E-state index contributed by atoms with van der Waals surface area (Å²) in [4.78, 5) is 4.47. The number of anilines is 2. The molecule has 0 spiro atoms. The van der Waals surface area contributed by atoms with Crippen molar-refractivity contribution in [2.45, 2.75) is 46.0 Å². The second-order valence-electron chi connectivity index (χ2n) is 6.02. The second kappa shape index (κ2) is 8.09. The van der Waals surface area contributed by atoms with Gasteiger partial charge < -0.3 is 10.6 Å². The van der Waals surface area contributed by atoms with Crippen molar-refractivity contribution >= 4 is 34.8 Å². The second-order valence-corrected chi connectivity index (χ2v) is 6.84. The average molecular weight is 330 g/mol. The summed E-state index contributed by atoms with van der Waals surface area (Å²) in [5.74, 6) is 3.16. The van der Waals surface area contributed by atoms with Crippen LogP contribution in [0.15, 0.2) is 6.07 Å². The number of rotatable bonds is 6. The first-order chi connectivity index (χ1) is 10.1. The molecule has 0 unspecified atom stereocenters. The van der Waals surface area contributed by atoms with Gasteiger partial charge in [-0.2, -0.15) is 0 Å². The van der Waals surface area contributed by atoms with Gasteiger partial charge in [0.2, 0.25) is 0 Å². The summed E-state index contributed by atoms with van der Waals surface area (Å²) >= 11 is 12.3. The van der Waals surface area contributed by atoms with E-state index in [1.165, 1.54) is 32.1 Å². The molecule has 1 fully saturated rings. The molecule has 1 aromatic rings. The van der Waals surface area contributed by atoms with E-state index < -0.39 is 0 Å². The fourth-order valence-electron chi connectivity index (χ4n) is 2.89. The maximum Gasteiger partial charge on any atom is 0.147 e.